The van der Waals surface area contributed by atoms with E-state index < -0.39 is 0 Å². The van der Waals surface area contributed by atoms with Crippen LogP contribution >= 0.6 is 0 Å². The molecule has 0 N–H and O–H groups in total. The van der Waals surface area contributed by atoms with E-state index in [1.807, 2.05) is 12.4 Å². The minimum absolute atomic E-state index is 0.691. The van der Waals surface area contributed by atoms with Gasteiger partial charge in [-0.15, -0.1) is 0 Å². The zero-order valence-corrected chi connectivity index (χ0v) is 14.7. The second kappa shape index (κ2) is 5.42. The van der Waals surface area contributed by atoms with E-state index in [4.69, 9.17) is 4.98 Å². The largest absolute Gasteiger partial charge is 0.327 e. The summed E-state index contributed by atoms with van der Waals surface area (Å²) < 4.78 is 4.51. The van der Waals surface area contributed by atoms with E-state index >= 15 is 0 Å². The second-order valence-electron chi connectivity index (χ2n) is 7.53. The number of imidazole rings is 2. The fourth-order valence-electron chi connectivity index (χ4n) is 4.72. The molecule has 1 atom stereocenters. The predicted molar refractivity (Wildman–Crippen MR) is 102 cm³/mol. The van der Waals surface area contributed by atoms with E-state index in [1.165, 1.54) is 41.9 Å². The number of fused-ring (bicyclic) bond motifs is 5. The molecule has 0 spiro atoms. The van der Waals surface area contributed by atoms with Crippen molar-refractivity contribution in [3.05, 3.63) is 54.7 Å². The Morgan fingerprint density at radius 2 is 1.96 bits per heavy atom. The number of rotatable bonds is 1. The molecule has 0 radical (unpaired) electrons. The van der Waals surface area contributed by atoms with E-state index in [9.17, 15) is 0 Å². The van der Waals surface area contributed by atoms with Crippen LogP contribution < -0.4 is 0 Å². The molecule has 0 saturated carbocycles. The molecular weight excluding hydrogens is 322 g/mol. The van der Waals surface area contributed by atoms with E-state index in [-0.39, 0.29) is 0 Å². The molecule has 0 amide bonds. The molecular formula is C21H21N5. The first-order valence-electron chi connectivity index (χ1n) is 9.51. The summed E-state index contributed by atoms with van der Waals surface area (Å²) in [6, 6.07) is 11.6. The van der Waals surface area contributed by atoms with Crippen molar-refractivity contribution >= 4 is 16.7 Å². The number of hydrogen-bond donors (Lipinski definition) is 0. The predicted octanol–water partition coefficient (Wildman–Crippen LogP) is 3.37. The van der Waals surface area contributed by atoms with Crippen molar-refractivity contribution in [2.45, 2.75) is 31.8 Å². The third kappa shape index (κ3) is 2.13. The average molecular weight is 343 g/mol. The van der Waals surface area contributed by atoms with Gasteiger partial charge in [0.2, 0.25) is 0 Å². The topological polar surface area (TPSA) is 38.4 Å². The smallest absolute Gasteiger partial charge is 0.136 e. The summed E-state index contributed by atoms with van der Waals surface area (Å²) in [6.45, 7) is 3.47. The summed E-state index contributed by atoms with van der Waals surface area (Å²) in [7, 11) is 0. The van der Waals surface area contributed by atoms with Crippen LogP contribution in [0.2, 0.25) is 0 Å². The van der Waals surface area contributed by atoms with Crippen LogP contribution in [0.4, 0.5) is 0 Å². The van der Waals surface area contributed by atoms with Gasteiger partial charge in [-0.1, -0.05) is 6.07 Å². The van der Waals surface area contributed by atoms with Crippen LogP contribution in [-0.2, 0) is 13.0 Å². The van der Waals surface area contributed by atoms with Crippen molar-refractivity contribution in [2.24, 2.45) is 0 Å². The maximum Gasteiger partial charge on any atom is 0.136 e. The number of nitrogens with zero attached hydrogens (tertiary/aromatic N) is 5. The minimum Gasteiger partial charge on any atom is -0.327 e. The molecule has 5 heterocycles. The van der Waals surface area contributed by atoms with E-state index in [0.717, 1.165) is 30.7 Å². The van der Waals surface area contributed by atoms with Gasteiger partial charge in [0.15, 0.2) is 0 Å². The van der Waals surface area contributed by atoms with Crippen LogP contribution in [0.3, 0.4) is 0 Å². The van der Waals surface area contributed by atoms with Crippen LogP contribution in [0.5, 0.6) is 0 Å². The first-order chi connectivity index (χ1) is 12.8. The van der Waals surface area contributed by atoms with Gasteiger partial charge in [0.1, 0.15) is 11.5 Å². The monoisotopic (exact) mass is 343 g/mol. The SMILES string of the molecule is c1cn2cc(-c3ccc4c(c3)nc3n4CCN4CCC[C@H]4C3)ccc2n1. The Kier molecular flexibility index (Phi) is 3.02. The van der Waals surface area contributed by atoms with E-state index in [1.54, 1.807) is 0 Å². The second-order valence-corrected chi connectivity index (χ2v) is 7.53. The quantitative estimate of drug-likeness (QED) is 0.532. The molecule has 130 valence electrons. The van der Waals surface area contributed by atoms with Gasteiger partial charge in [0, 0.05) is 44.1 Å². The maximum atomic E-state index is 5.03. The Balaban J connectivity index is 1.44. The highest BCUT2D eigenvalue weighted by Gasteiger charge is 2.29. The van der Waals surface area contributed by atoms with Crippen molar-refractivity contribution in [3.8, 4) is 11.1 Å². The first-order valence-corrected chi connectivity index (χ1v) is 9.51. The molecule has 26 heavy (non-hydrogen) atoms. The van der Waals surface area contributed by atoms with Crippen LogP contribution in [0, 0.1) is 0 Å². The van der Waals surface area contributed by atoms with Gasteiger partial charge in [-0.2, -0.15) is 0 Å². The lowest BCUT2D eigenvalue weighted by Crippen LogP contribution is -2.30. The Hall–Kier alpha value is -2.66. The molecule has 3 aromatic heterocycles. The summed E-state index contributed by atoms with van der Waals surface area (Å²) in [5.74, 6) is 1.26. The number of hydrogen-bond acceptors (Lipinski definition) is 3. The first kappa shape index (κ1) is 14.5. The lowest BCUT2D eigenvalue weighted by atomic mass is 10.1. The van der Waals surface area contributed by atoms with Gasteiger partial charge < -0.3 is 8.97 Å². The van der Waals surface area contributed by atoms with Crippen LogP contribution in [0.25, 0.3) is 27.8 Å². The van der Waals surface area contributed by atoms with Crippen molar-refractivity contribution < 1.29 is 0 Å². The number of aromatic nitrogens is 4. The van der Waals surface area contributed by atoms with E-state index in [2.05, 4.69) is 55.4 Å². The van der Waals surface area contributed by atoms with Crippen molar-refractivity contribution in [3.63, 3.8) is 0 Å². The van der Waals surface area contributed by atoms with Gasteiger partial charge in [-0.05, 0) is 54.8 Å². The van der Waals surface area contributed by atoms with Crippen LogP contribution in [0.15, 0.2) is 48.9 Å². The molecule has 2 aliphatic heterocycles. The fraction of sp³-hybridized carbons (Fsp3) is 0.333. The molecule has 1 fully saturated rings. The van der Waals surface area contributed by atoms with Gasteiger partial charge in [-0.25, -0.2) is 9.97 Å². The summed E-state index contributed by atoms with van der Waals surface area (Å²) >= 11 is 0. The molecule has 5 nitrogen and oxygen atoms in total. The summed E-state index contributed by atoms with van der Waals surface area (Å²) in [5, 5.41) is 0. The third-order valence-corrected chi connectivity index (χ3v) is 6.08. The summed E-state index contributed by atoms with van der Waals surface area (Å²) in [5.41, 5.74) is 5.78. The highest BCUT2D eigenvalue weighted by atomic mass is 15.2. The molecule has 5 heteroatoms. The zero-order valence-electron chi connectivity index (χ0n) is 14.7. The lowest BCUT2D eigenvalue weighted by Gasteiger charge is -2.20. The van der Waals surface area contributed by atoms with Gasteiger partial charge in [-0.3, -0.25) is 4.90 Å². The highest BCUT2D eigenvalue weighted by molar-refractivity contribution is 5.82. The molecule has 6 rings (SSSR count). The molecule has 1 aromatic carbocycles. The highest BCUT2D eigenvalue weighted by Crippen LogP contribution is 2.29. The zero-order chi connectivity index (χ0) is 17.1. The molecule has 1 saturated heterocycles. The normalized spacial score (nSPS) is 20.4. The third-order valence-electron chi connectivity index (χ3n) is 6.08. The summed E-state index contributed by atoms with van der Waals surface area (Å²) in [4.78, 5) is 12.0. The van der Waals surface area contributed by atoms with Gasteiger partial charge in [0.25, 0.3) is 0 Å². The van der Waals surface area contributed by atoms with E-state index in [0.29, 0.717) is 6.04 Å². The average Bonchev–Trinajstić information content (AvgIpc) is 3.36. The Morgan fingerprint density at radius 3 is 2.96 bits per heavy atom. The molecule has 0 unspecified atom stereocenters. The molecule has 2 aliphatic rings. The van der Waals surface area contributed by atoms with Crippen molar-refractivity contribution in [1.29, 1.82) is 0 Å². The van der Waals surface area contributed by atoms with Gasteiger partial charge in [0.05, 0.1) is 11.0 Å². The Bertz CT molecular complexity index is 1120. The van der Waals surface area contributed by atoms with Crippen LogP contribution in [-0.4, -0.2) is 43.0 Å². The Labute approximate surface area is 151 Å². The standard InChI is InChI=1S/C21H21N5/c1-2-17-13-21-23-18-12-15(16-4-6-20-22-7-9-25(20)14-16)3-5-19(18)26(21)11-10-24(17)8-1/h3-7,9,12,14,17H,1-2,8,10-11,13H2/t17-/m0/s1. The number of benzene rings is 1. The lowest BCUT2D eigenvalue weighted by molar-refractivity contribution is 0.258. The van der Waals surface area contributed by atoms with Gasteiger partial charge >= 0.3 is 0 Å². The van der Waals surface area contributed by atoms with Crippen molar-refractivity contribution in [1.82, 2.24) is 23.8 Å². The number of pyridine rings is 1. The Morgan fingerprint density at radius 1 is 1.00 bits per heavy atom. The fourth-order valence-corrected chi connectivity index (χ4v) is 4.72. The van der Waals surface area contributed by atoms with Crippen LogP contribution in [0.1, 0.15) is 18.7 Å². The molecule has 0 aliphatic carbocycles. The minimum atomic E-state index is 0.691. The summed E-state index contributed by atoms with van der Waals surface area (Å²) in [6.07, 6.45) is 9.71. The van der Waals surface area contributed by atoms with Crippen molar-refractivity contribution in [2.75, 3.05) is 13.1 Å². The molecule has 0 bridgehead atoms. The maximum absolute atomic E-state index is 5.03. The molecule has 4 aromatic rings.